The van der Waals surface area contributed by atoms with Crippen LogP contribution in [0.3, 0.4) is 0 Å². The van der Waals surface area contributed by atoms with Crippen molar-refractivity contribution < 1.29 is 14.7 Å². The second kappa shape index (κ2) is 4.65. The Bertz CT molecular complexity index is 497. The van der Waals surface area contributed by atoms with Crippen LogP contribution in [-0.4, -0.2) is 22.4 Å². The van der Waals surface area contributed by atoms with Gasteiger partial charge in [-0.2, -0.15) is 0 Å². The number of hydrogen-bond donors (Lipinski definition) is 2. The molecule has 0 unspecified atom stereocenters. The Hall–Kier alpha value is -0.775. The van der Waals surface area contributed by atoms with E-state index in [0.717, 1.165) is 5.69 Å². The number of pyridine rings is 1. The molecule has 2 fully saturated rings. The third kappa shape index (κ3) is 2.35. The van der Waals surface area contributed by atoms with E-state index in [9.17, 15) is 0 Å². The van der Waals surface area contributed by atoms with E-state index < -0.39 is 7.32 Å². The van der Waals surface area contributed by atoms with Crippen LogP contribution in [0.25, 0.3) is 0 Å². The van der Waals surface area contributed by atoms with Crippen molar-refractivity contribution in [2.75, 3.05) is 0 Å². The van der Waals surface area contributed by atoms with E-state index in [4.69, 9.17) is 26.3 Å². The maximum Gasteiger partial charge on any atom is 0.707 e. The lowest BCUT2D eigenvalue weighted by molar-refractivity contribution is 0.00759. The first-order valence-corrected chi connectivity index (χ1v) is 7.07. The van der Waals surface area contributed by atoms with Crippen LogP contribution in [0.1, 0.15) is 49.4 Å². The van der Waals surface area contributed by atoms with E-state index in [2.05, 4.69) is 4.98 Å². The van der Waals surface area contributed by atoms with Gasteiger partial charge in [-0.25, -0.2) is 0 Å². The Morgan fingerprint density at radius 1 is 1.42 bits per heavy atom. The zero-order chi connectivity index (χ0) is 13.6. The van der Waals surface area contributed by atoms with Crippen molar-refractivity contribution in [1.29, 1.82) is 0 Å². The summed E-state index contributed by atoms with van der Waals surface area (Å²) in [6, 6.07) is 1.63. The zero-order valence-corrected chi connectivity index (χ0v) is 11.7. The smallest absolute Gasteiger partial charge is 0.510 e. The summed E-state index contributed by atoms with van der Waals surface area (Å²) in [6.45, 7) is 1.79. The zero-order valence-electron chi connectivity index (χ0n) is 10.9. The first-order valence-electron chi connectivity index (χ1n) is 6.69. The van der Waals surface area contributed by atoms with Gasteiger partial charge in [-0.15, -0.1) is 0 Å². The van der Waals surface area contributed by atoms with Crippen molar-refractivity contribution in [3.05, 3.63) is 22.5 Å². The molecule has 19 heavy (non-hydrogen) atoms. The molecule has 2 saturated carbocycles. The molecule has 0 aromatic carbocycles. The number of rotatable bonds is 3. The molecule has 0 bridgehead atoms. The van der Waals surface area contributed by atoms with Crippen LogP contribution in [0.15, 0.2) is 6.07 Å². The van der Waals surface area contributed by atoms with Crippen LogP contribution in [0.4, 0.5) is 0 Å². The summed E-state index contributed by atoms with van der Waals surface area (Å²) in [4.78, 5) is 4.49. The van der Waals surface area contributed by atoms with Gasteiger partial charge in [-0.1, -0.05) is 18.0 Å². The summed E-state index contributed by atoms with van der Waals surface area (Å²) in [5.41, 5.74) is 2.15. The lowest BCUT2D eigenvalue weighted by Crippen LogP contribution is -2.41. The van der Waals surface area contributed by atoms with E-state index >= 15 is 0 Å². The minimum atomic E-state index is -1.84. The predicted molar refractivity (Wildman–Crippen MR) is 73.1 cm³/mol. The molecule has 2 N–H and O–H groups in total. The van der Waals surface area contributed by atoms with Crippen LogP contribution in [-0.2, 0) is 0 Å². The Kier molecular flexibility index (Phi) is 3.24. The minimum absolute atomic E-state index is 0.321. The molecular formula is C13H17BClNO3. The average molecular weight is 282 g/mol. The lowest BCUT2D eigenvalue weighted by atomic mass is 9.51. The van der Waals surface area contributed by atoms with Gasteiger partial charge < -0.3 is 14.7 Å². The molecule has 1 heterocycles. The van der Waals surface area contributed by atoms with Crippen LogP contribution >= 0.6 is 11.6 Å². The fourth-order valence-corrected chi connectivity index (χ4v) is 3.66. The molecule has 0 radical (unpaired) electrons. The molecule has 1 aromatic rings. The molecule has 2 aliphatic carbocycles. The van der Waals surface area contributed by atoms with Crippen LogP contribution in [0.2, 0.25) is 5.02 Å². The SMILES string of the molecule is Cc1nc(C2CC3(CCC3)C2)c(Cl)cc1OB(O)O. The number of aromatic nitrogens is 1. The molecule has 4 nitrogen and oxygen atoms in total. The van der Waals surface area contributed by atoms with Gasteiger partial charge in [0.1, 0.15) is 5.75 Å². The molecule has 3 rings (SSSR count). The molecule has 0 saturated heterocycles. The summed E-state index contributed by atoms with van der Waals surface area (Å²) >= 11 is 6.24. The molecule has 0 amide bonds. The molecule has 102 valence electrons. The number of hydrogen-bond acceptors (Lipinski definition) is 4. The van der Waals surface area contributed by atoms with E-state index in [0.29, 0.717) is 27.8 Å². The van der Waals surface area contributed by atoms with Crippen molar-refractivity contribution in [3.63, 3.8) is 0 Å². The molecular weight excluding hydrogens is 264 g/mol. The maximum absolute atomic E-state index is 8.83. The third-order valence-corrected chi connectivity index (χ3v) is 4.84. The van der Waals surface area contributed by atoms with Gasteiger partial charge >= 0.3 is 7.32 Å². The van der Waals surface area contributed by atoms with Crippen molar-refractivity contribution >= 4 is 18.9 Å². The average Bonchev–Trinajstić information content (AvgIpc) is 2.20. The van der Waals surface area contributed by atoms with Gasteiger partial charge in [-0.3, -0.25) is 4.98 Å². The molecule has 6 heteroatoms. The normalized spacial score (nSPS) is 20.8. The molecule has 2 aliphatic rings. The van der Waals surface area contributed by atoms with Gasteiger partial charge in [0.25, 0.3) is 0 Å². The fourth-order valence-electron chi connectivity index (χ4n) is 3.37. The van der Waals surface area contributed by atoms with E-state index in [1.54, 1.807) is 13.0 Å². The second-order valence-electron chi connectivity index (χ2n) is 5.84. The molecule has 1 aromatic heterocycles. The highest BCUT2D eigenvalue weighted by atomic mass is 35.5. The quantitative estimate of drug-likeness (QED) is 0.835. The van der Waals surface area contributed by atoms with Crippen LogP contribution in [0, 0.1) is 12.3 Å². The van der Waals surface area contributed by atoms with E-state index in [-0.39, 0.29) is 0 Å². The summed E-state index contributed by atoms with van der Waals surface area (Å²) in [6.07, 6.45) is 6.41. The fraction of sp³-hybridized carbons (Fsp3) is 0.615. The predicted octanol–water partition coefficient (Wildman–Crippen LogP) is 2.44. The standard InChI is InChI=1S/C13H17BClNO3/c1-8-11(19-14(17)18)5-10(15)12(16-8)9-6-13(7-9)3-2-4-13/h5,9,17-18H,2-4,6-7H2,1H3. The van der Waals surface area contributed by atoms with E-state index in [1.807, 2.05) is 0 Å². The Morgan fingerprint density at radius 3 is 2.63 bits per heavy atom. The van der Waals surface area contributed by atoms with Gasteiger partial charge in [0, 0.05) is 12.0 Å². The first-order chi connectivity index (χ1) is 8.99. The maximum atomic E-state index is 8.83. The highest BCUT2D eigenvalue weighted by Gasteiger charge is 2.49. The number of halogens is 1. The van der Waals surface area contributed by atoms with Gasteiger partial charge in [0.05, 0.1) is 16.4 Å². The molecule has 0 aliphatic heterocycles. The van der Waals surface area contributed by atoms with Crippen LogP contribution < -0.4 is 4.65 Å². The Labute approximate surface area is 117 Å². The second-order valence-corrected chi connectivity index (χ2v) is 6.25. The topological polar surface area (TPSA) is 62.6 Å². The van der Waals surface area contributed by atoms with Crippen molar-refractivity contribution in [1.82, 2.24) is 4.98 Å². The first kappa shape index (κ1) is 13.2. The van der Waals surface area contributed by atoms with Crippen molar-refractivity contribution in [2.24, 2.45) is 5.41 Å². The number of aryl methyl sites for hydroxylation is 1. The third-order valence-electron chi connectivity index (χ3n) is 4.54. The van der Waals surface area contributed by atoms with E-state index in [1.165, 1.54) is 32.1 Å². The number of nitrogens with zero attached hydrogens (tertiary/aromatic N) is 1. The van der Waals surface area contributed by atoms with Crippen molar-refractivity contribution in [3.8, 4) is 5.75 Å². The van der Waals surface area contributed by atoms with Crippen LogP contribution in [0.5, 0.6) is 5.75 Å². The Balaban J connectivity index is 1.77. The van der Waals surface area contributed by atoms with Gasteiger partial charge in [0.15, 0.2) is 0 Å². The minimum Gasteiger partial charge on any atom is -0.510 e. The Morgan fingerprint density at radius 2 is 2.11 bits per heavy atom. The monoisotopic (exact) mass is 281 g/mol. The van der Waals surface area contributed by atoms with Gasteiger partial charge in [0.2, 0.25) is 0 Å². The highest BCUT2D eigenvalue weighted by molar-refractivity contribution is 6.34. The summed E-state index contributed by atoms with van der Waals surface area (Å²) in [5, 5.41) is 18.2. The van der Waals surface area contributed by atoms with Crippen molar-refractivity contribution in [2.45, 2.75) is 44.9 Å². The molecule has 1 spiro atoms. The molecule has 0 atom stereocenters. The largest absolute Gasteiger partial charge is 0.707 e. The van der Waals surface area contributed by atoms with Gasteiger partial charge in [-0.05, 0) is 38.0 Å². The summed E-state index contributed by atoms with van der Waals surface area (Å²) in [5.74, 6) is 0.765. The lowest BCUT2D eigenvalue weighted by Gasteiger charge is -2.54. The summed E-state index contributed by atoms with van der Waals surface area (Å²) < 4.78 is 4.85. The highest BCUT2D eigenvalue weighted by Crippen LogP contribution is 2.62. The summed E-state index contributed by atoms with van der Waals surface area (Å²) in [7, 11) is -1.84.